The van der Waals surface area contributed by atoms with E-state index in [1.165, 1.54) is 6.42 Å². The molecule has 2 aromatic rings. The van der Waals surface area contributed by atoms with Gasteiger partial charge in [-0.1, -0.05) is 19.3 Å². The molecule has 1 aliphatic carbocycles. The number of aryl methyl sites for hydroxylation is 1. The van der Waals surface area contributed by atoms with Crippen molar-refractivity contribution < 1.29 is 9.90 Å². The van der Waals surface area contributed by atoms with Crippen LogP contribution in [0.1, 0.15) is 62.1 Å². The summed E-state index contributed by atoms with van der Waals surface area (Å²) in [6, 6.07) is 1.76. The van der Waals surface area contributed by atoms with Crippen LogP contribution in [0.15, 0.2) is 18.6 Å². The van der Waals surface area contributed by atoms with Crippen LogP contribution >= 0.6 is 0 Å². The molecular weight excluding hydrogens is 318 g/mol. The first-order valence-corrected chi connectivity index (χ1v) is 8.74. The van der Waals surface area contributed by atoms with Crippen LogP contribution in [-0.2, 0) is 12.6 Å². The molecular formula is C18H25N5O2. The van der Waals surface area contributed by atoms with E-state index in [9.17, 15) is 9.90 Å². The molecule has 0 aromatic carbocycles. The molecule has 1 fully saturated rings. The van der Waals surface area contributed by atoms with Gasteiger partial charge < -0.3 is 15.0 Å². The largest absolute Gasteiger partial charge is 0.384 e. The third kappa shape index (κ3) is 4.04. The highest BCUT2D eigenvalue weighted by Gasteiger charge is 2.24. The Morgan fingerprint density at radius 3 is 2.60 bits per heavy atom. The molecule has 0 bridgehead atoms. The fraction of sp³-hybridized carbons (Fsp3) is 0.556. The monoisotopic (exact) mass is 343 g/mol. The number of nitrogens with one attached hydrogen (secondary N) is 1. The van der Waals surface area contributed by atoms with Crippen LogP contribution in [0.5, 0.6) is 0 Å². The maximum Gasteiger partial charge on any atom is 0.270 e. The standard InChI is InChI=1S/C18H25N5O2/c1-18(2,25)15-9-13(17(24)20-12-7-5-4-6-8-12)21-16(22-15)14-10-19-11-23(14)3/h9-12,25H,4-8H2,1-3H3,(H,20,24). The minimum atomic E-state index is -1.17. The number of rotatable bonds is 4. The summed E-state index contributed by atoms with van der Waals surface area (Å²) in [7, 11) is 1.84. The highest BCUT2D eigenvalue weighted by Crippen LogP contribution is 2.23. The molecule has 0 aliphatic heterocycles. The Morgan fingerprint density at radius 2 is 2.00 bits per heavy atom. The maximum absolute atomic E-state index is 12.7. The number of aliphatic hydroxyl groups is 1. The van der Waals surface area contributed by atoms with E-state index >= 15 is 0 Å². The van der Waals surface area contributed by atoms with Crippen molar-refractivity contribution >= 4 is 5.91 Å². The lowest BCUT2D eigenvalue weighted by Gasteiger charge is -2.23. The Morgan fingerprint density at radius 1 is 1.28 bits per heavy atom. The number of imidazole rings is 1. The molecule has 0 radical (unpaired) electrons. The first kappa shape index (κ1) is 17.5. The minimum Gasteiger partial charge on any atom is -0.384 e. The van der Waals surface area contributed by atoms with Crippen LogP contribution in [0.4, 0.5) is 0 Å². The number of carbonyl (C=O) groups is 1. The molecule has 1 aliphatic rings. The second-order valence-electron chi connectivity index (χ2n) is 7.22. The van der Waals surface area contributed by atoms with Crippen molar-refractivity contribution in [2.45, 2.75) is 57.6 Å². The Labute approximate surface area is 147 Å². The highest BCUT2D eigenvalue weighted by molar-refractivity contribution is 5.93. The summed E-state index contributed by atoms with van der Waals surface area (Å²) in [6.45, 7) is 3.29. The number of hydrogen-bond acceptors (Lipinski definition) is 5. The number of nitrogens with zero attached hydrogens (tertiary/aromatic N) is 4. The zero-order chi connectivity index (χ0) is 18.0. The fourth-order valence-electron chi connectivity index (χ4n) is 3.07. The summed E-state index contributed by atoms with van der Waals surface area (Å²) in [4.78, 5) is 25.6. The van der Waals surface area contributed by atoms with Gasteiger partial charge in [-0.25, -0.2) is 15.0 Å². The molecule has 7 heteroatoms. The summed E-state index contributed by atoms with van der Waals surface area (Å²) in [5.74, 6) is 0.164. The third-order valence-corrected chi connectivity index (χ3v) is 4.57. The average Bonchev–Trinajstić information content (AvgIpc) is 3.00. The van der Waals surface area contributed by atoms with E-state index in [1.807, 2.05) is 7.05 Å². The molecule has 7 nitrogen and oxygen atoms in total. The molecule has 2 heterocycles. The molecule has 0 saturated heterocycles. The number of aromatic nitrogens is 4. The number of hydrogen-bond donors (Lipinski definition) is 2. The molecule has 1 amide bonds. The smallest absolute Gasteiger partial charge is 0.270 e. The summed E-state index contributed by atoms with van der Waals surface area (Å²) in [5.41, 5.74) is 0.204. The topological polar surface area (TPSA) is 92.9 Å². The van der Waals surface area contributed by atoms with Gasteiger partial charge in [0.05, 0.1) is 18.2 Å². The van der Waals surface area contributed by atoms with E-state index in [0.29, 0.717) is 17.2 Å². The van der Waals surface area contributed by atoms with Crippen molar-refractivity contribution in [1.82, 2.24) is 24.8 Å². The van der Waals surface area contributed by atoms with Gasteiger partial charge >= 0.3 is 0 Å². The van der Waals surface area contributed by atoms with Crippen molar-refractivity contribution in [3.8, 4) is 11.5 Å². The van der Waals surface area contributed by atoms with Crippen molar-refractivity contribution in [3.05, 3.63) is 30.0 Å². The average molecular weight is 343 g/mol. The Balaban J connectivity index is 1.94. The van der Waals surface area contributed by atoms with Gasteiger partial charge in [0.25, 0.3) is 5.91 Å². The van der Waals surface area contributed by atoms with E-state index in [2.05, 4.69) is 20.3 Å². The summed E-state index contributed by atoms with van der Waals surface area (Å²) in [5, 5.41) is 13.4. The molecule has 2 aromatic heterocycles. The van der Waals surface area contributed by atoms with E-state index < -0.39 is 5.60 Å². The molecule has 25 heavy (non-hydrogen) atoms. The van der Waals surface area contributed by atoms with Crippen LogP contribution in [0.2, 0.25) is 0 Å². The van der Waals surface area contributed by atoms with E-state index in [1.54, 1.807) is 37.0 Å². The first-order valence-electron chi connectivity index (χ1n) is 8.74. The Hall–Kier alpha value is -2.28. The van der Waals surface area contributed by atoms with E-state index in [-0.39, 0.29) is 17.6 Å². The SMILES string of the molecule is Cn1cncc1-c1nc(C(=O)NC2CCCCC2)cc(C(C)(C)O)n1. The van der Waals surface area contributed by atoms with Crippen molar-refractivity contribution in [2.75, 3.05) is 0 Å². The molecule has 1 saturated carbocycles. The van der Waals surface area contributed by atoms with Crippen LogP contribution in [0.25, 0.3) is 11.5 Å². The molecule has 0 spiro atoms. The predicted molar refractivity (Wildman–Crippen MR) is 93.8 cm³/mol. The van der Waals surface area contributed by atoms with Crippen molar-refractivity contribution in [3.63, 3.8) is 0 Å². The van der Waals surface area contributed by atoms with Crippen LogP contribution < -0.4 is 5.32 Å². The van der Waals surface area contributed by atoms with Gasteiger partial charge in [0.2, 0.25) is 0 Å². The summed E-state index contributed by atoms with van der Waals surface area (Å²) in [6.07, 6.45) is 8.82. The fourth-order valence-corrected chi connectivity index (χ4v) is 3.07. The molecule has 134 valence electrons. The van der Waals surface area contributed by atoms with Gasteiger partial charge in [-0.05, 0) is 32.8 Å². The van der Waals surface area contributed by atoms with Crippen molar-refractivity contribution in [2.24, 2.45) is 7.05 Å². The van der Waals surface area contributed by atoms with E-state index in [0.717, 1.165) is 25.7 Å². The molecule has 2 N–H and O–H groups in total. The lowest BCUT2D eigenvalue weighted by Crippen LogP contribution is -2.37. The second kappa shape index (κ2) is 6.92. The van der Waals surface area contributed by atoms with Crippen LogP contribution in [0, 0.1) is 0 Å². The number of amides is 1. The normalized spacial score (nSPS) is 16.0. The first-order chi connectivity index (χ1) is 11.8. The van der Waals surface area contributed by atoms with Gasteiger partial charge in [-0.2, -0.15) is 0 Å². The Kier molecular flexibility index (Phi) is 4.85. The van der Waals surface area contributed by atoms with Gasteiger partial charge in [0.1, 0.15) is 17.0 Å². The quantitative estimate of drug-likeness (QED) is 0.887. The zero-order valence-electron chi connectivity index (χ0n) is 15.0. The van der Waals surface area contributed by atoms with Crippen LogP contribution in [0.3, 0.4) is 0 Å². The van der Waals surface area contributed by atoms with Gasteiger partial charge in [-0.3, -0.25) is 4.79 Å². The van der Waals surface area contributed by atoms with E-state index in [4.69, 9.17) is 0 Å². The van der Waals surface area contributed by atoms with Crippen molar-refractivity contribution in [1.29, 1.82) is 0 Å². The number of carbonyl (C=O) groups excluding carboxylic acids is 1. The van der Waals surface area contributed by atoms with Gasteiger partial charge in [0.15, 0.2) is 5.82 Å². The molecule has 3 rings (SSSR count). The minimum absolute atomic E-state index is 0.196. The lowest BCUT2D eigenvalue weighted by molar-refractivity contribution is 0.0735. The maximum atomic E-state index is 12.7. The summed E-state index contributed by atoms with van der Waals surface area (Å²) >= 11 is 0. The zero-order valence-corrected chi connectivity index (χ0v) is 15.0. The predicted octanol–water partition coefficient (Wildman–Crippen LogP) is 2.17. The molecule has 0 unspecified atom stereocenters. The van der Waals surface area contributed by atoms with Gasteiger partial charge in [-0.15, -0.1) is 0 Å². The highest BCUT2D eigenvalue weighted by atomic mass is 16.3. The lowest BCUT2D eigenvalue weighted by atomic mass is 9.95. The van der Waals surface area contributed by atoms with Crippen LogP contribution in [-0.4, -0.2) is 36.6 Å². The van der Waals surface area contributed by atoms with Gasteiger partial charge in [0, 0.05) is 13.1 Å². The summed E-state index contributed by atoms with van der Waals surface area (Å²) < 4.78 is 1.78. The third-order valence-electron chi connectivity index (χ3n) is 4.57. The second-order valence-corrected chi connectivity index (χ2v) is 7.22. The molecule has 0 atom stereocenters. The Bertz CT molecular complexity index is 757.